The van der Waals surface area contributed by atoms with Gasteiger partial charge in [-0.25, -0.2) is 4.98 Å². The number of fused-ring (bicyclic) bond motifs is 1. The van der Waals surface area contributed by atoms with Crippen LogP contribution in [0.1, 0.15) is 64.0 Å². The van der Waals surface area contributed by atoms with Gasteiger partial charge in [-0.2, -0.15) is 0 Å². The number of nitrogens with one attached hydrogen (secondary N) is 2. The molecule has 2 aromatic rings. The maximum atomic E-state index is 13.4. The van der Waals surface area contributed by atoms with Crippen molar-refractivity contribution in [1.29, 1.82) is 0 Å². The second-order valence-electron chi connectivity index (χ2n) is 10.6. The lowest BCUT2D eigenvalue weighted by Gasteiger charge is -2.27. The number of ketones is 2. The molecule has 0 fully saturated rings. The lowest BCUT2D eigenvalue weighted by Crippen LogP contribution is -2.49. The summed E-state index contributed by atoms with van der Waals surface area (Å²) in [4.78, 5) is 68.4. The largest absolute Gasteiger partial charge is 0.461 e. The molecule has 1 aromatic heterocycles. The van der Waals surface area contributed by atoms with Gasteiger partial charge in [0.05, 0.1) is 24.9 Å². The monoisotopic (exact) mass is 539 g/mol. The van der Waals surface area contributed by atoms with Gasteiger partial charge in [0.2, 0.25) is 11.7 Å². The van der Waals surface area contributed by atoms with Crippen LogP contribution in [0, 0.1) is 23.7 Å². The minimum atomic E-state index is -0.886. The molecule has 2 N–H and O–H groups in total. The molecule has 2 amide bonds. The van der Waals surface area contributed by atoms with E-state index in [0.29, 0.717) is 17.9 Å². The molecule has 10 nitrogen and oxygen atoms in total. The van der Waals surface area contributed by atoms with Gasteiger partial charge >= 0.3 is 5.97 Å². The fourth-order valence-electron chi connectivity index (χ4n) is 4.57. The molecule has 1 aromatic carbocycles. The van der Waals surface area contributed by atoms with Crippen molar-refractivity contribution in [3.8, 4) is 0 Å². The Morgan fingerprint density at radius 1 is 1.10 bits per heavy atom. The highest BCUT2D eigenvalue weighted by molar-refractivity contribution is 6.37. The van der Waals surface area contributed by atoms with Gasteiger partial charge in [0.15, 0.2) is 12.2 Å². The molecule has 1 aliphatic rings. The normalized spacial score (nSPS) is 17.3. The number of amides is 2. The fourth-order valence-corrected chi connectivity index (χ4v) is 4.57. The average Bonchev–Trinajstić information content (AvgIpc) is 3.37. The highest BCUT2D eigenvalue weighted by Gasteiger charge is 2.35. The zero-order valence-electron chi connectivity index (χ0n) is 22.9. The molecule has 10 heteroatoms. The molecule has 39 heavy (non-hydrogen) atoms. The summed E-state index contributed by atoms with van der Waals surface area (Å²) in [7, 11) is 0. The van der Waals surface area contributed by atoms with Crippen molar-refractivity contribution >= 4 is 29.4 Å². The van der Waals surface area contributed by atoms with Gasteiger partial charge in [-0.15, -0.1) is 0 Å². The van der Waals surface area contributed by atoms with Crippen molar-refractivity contribution in [1.82, 2.24) is 15.6 Å². The number of aromatic nitrogens is 1. The predicted octanol–water partition coefficient (Wildman–Crippen LogP) is 2.93. The third-order valence-corrected chi connectivity index (χ3v) is 6.99. The summed E-state index contributed by atoms with van der Waals surface area (Å²) in [6, 6.07) is 8.36. The Balaban J connectivity index is 1.64. The molecule has 2 heterocycles. The number of ether oxygens (including phenoxy) is 1. The van der Waals surface area contributed by atoms with Crippen LogP contribution in [0.25, 0.3) is 0 Å². The lowest BCUT2D eigenvalue weighted by atomic mass is 9.86. The first-order valence-corrected chi connectivity index (χ1v) is 13.3. The zero-order valence-corrected chi connectivity index (χ0v) is 22.9. The van der Waals surface area contributed by atoms with Gasteiger partial charge < -0.3 is 19.8 Å². The molecule has 3 unspecified atom stereocenters. The molecule has 0 saturated carbocycles. The Kier molecular flexibility index (Phi) is 10.5. The standard InChI is InChI=1S/C29H37N3O7/c1-17(2)21(13-25(34)38-15-19-8-6-5-7-9-19)28(36)32-26(18(3)4)23(33)12-20-10-11-24-22(31-16-39-24)14-30-29(37)27(20)35/h5-9,16-18,20-21,26H,10-15H2,1-4H3,(H,30,37)(H,32,36). The third kappa shape index (κ3) is 8.33. The van der Waals surface area contributed by atoms with E-state index in [2.05, 4.69) is 15.6 Å². The Hall–Kier alpha value is -3.82. The van der Waals surface area contributed by atoms with Gasteiger partial charge in [-0.3, -0.25) is 24.0 Å². The smallest absolute Gasteiger partial charge is 0.306 e. The molecule has 0 radical (unpaired) electrons. The van der Waals surface area contributed by atoms with Gasteiger partial charge in [0.25, 0.3) is 5.91 Å². The van der Waals surface area contributed by atoms with Gasteiger partial charge in [0, 0.05) is 18.8 Å². The number of esters is 1. The summed E-state index contributed by atoms with van der Waals surface area (Å²) >= 11 is 0. The molecular weight excluding hydrogens is 502 g/mol. The fraction of sp³-hybridized carbons (Fsp3) is 0.517. The number of oxazole rings is 1. The SMILES string of the molecule is CC(C)C(CC(=O)OCc1ccccc1)C(=O)NC(C(=O)CC1CCc2ocnc2CNC(=O)C1=O)C(C)C. The topological polar surface area (TPSA) is 145 Å². The number of hydrogen-bond donors (Lipinski definition) is 2. The molecule has 0 saturated heterocycles. The average molecular weight is 540 g/mol. The second kappa shape index (κ2) is 13.8. The molecule has 3 atom stereocenters. The molecule has 3 rings (SSSR count). The van der Waals surface area contributed by atoms with Gasteiger partial charge in [0.1, 0.15) is 18.1 Å². The Bertz CT molecular complexity index is 1170. The first kappa shape index (κ1) is 29.7. The number of aryl methyl sites for hydroxylation is 1. The van der Waals surface area contributed by atoms with Crippen molar-refractivity contribution in [2.24, 2.45) is 23.7 Å². The number of carbonyl (C=O) groups excluding carboxylic acids is 5. The first-order chi connectivity index (χ1) is 18.6. The van der Waals surface area contributed by atoms with Crippen LogP contribution in [-0.2, 0) is 48.3 Å². The quantitative estimate of drug-likeness (QED) is 0.328. The van der Waals surface area contributed by atoms with Crippen LogP contribution in [-0.4, -0.2) is 40.4 Å². The second-order valence-corrected chi connectivity index (χ2v) is 10.6. The maximum Gasteiger partial charge on any atom is 0.306 e. The number of benzene rings is 1. The zero-order chi connectivity index (χ0) is 28.5. The van der Waals surface area contributed by atoms with E-state index in [4.69, 9.17) is 9.15 Å². The van der Waals surface area contributed by atoms with Crippen molar-refractivity contribution in [3.05, 3.63) is 53.7 Å². The van der Waals surface area contributed by atoms with Gasteiger partial charge in [-0.1, -0.05) is 58.0 Å². The minimum Gasteiger partial charge on any atom is -0.461 e. The number of nitrogens with zero attached hydrogens (tertiary/aromatic N) is 1. The minimum absolute atomic E-state index is 0.0755. The van der Waals surface area contributed by atoms with E-state index < -0.39 is 41.4 Å². The highest BCUT2D eigenvalue weighted by atomic mass is 16.5. The van der Waals surface area contributed by atoms with Crippen LogP contribution >= 0.6 is 0 Å². The molecule has 0 spiro atoms. The van der Waals surface area contributed by atoms with E-state index in [1.165, 1.54) is 6.39 Å². The van der Waals surface area contributed by atoms with Crippen molar-refractivity contribution in [2.75, 3.05) is 0 Å². The Labute approximate surface area is 228 Å². The van der Waals surface area contributed by atoms with Crippen LogP contribution in [0.15, 0.2) is 41.1 Å². The van der Waals surface area contributed by atoms with E-state index in [0.717, 1.165) is 5.56 Å². The number of carbonyl (C=O) groups is 5. The van der Waals surface area contributed by atoms with E-state index in [1.54, 1.807) is 13.8 Å². The first-order valence-electron chi connectivity index (χ1n) is 13.3. The van der Waals surface area contributed by atoms with Crippen LogP contribution in [0.5, 0.6) is 0 Å². The third-order valence-electron chi connectivity index (χ3n) is 6.99. The molecule has 1 aliphatic heterocycles. The van der Waals surface area contributed by atoms with Crippen LogP contribution < -0.4 is 10.6 Å². The van der Waals surface area contributed by atoms with Crippen molar-refractivity contribution in [2.45, 2.75) is 72.6 Å². The summed E-state index contributed by atoms with van der Waals surface area (Å²) in [6.07, 6.45) is 1.54. The van der Waals surface area contributed by atoms with E-state index >= 15 is 0 Å². The molecule has 0 aliphatic carbocycles. The van der Waals surface area contributed by atoms with E-state index in [-0.39, 0.29) is 50.0 Å². The summed E-state index contributed by atoms with van der Waals surface area (Å²) in [5, 5.41) is 5.34. The summed E-state index contributed by atoms with van der Waals surface area (Å²) in [6.45, 7) is 7.42. The molecule has 0 bridgehead atoms. The summed E-state index contributed by atoms with van der Waals surface area (Å²) in [5.41, 5.74) is 1.40. The number of rotatable bonds is 11. The summed E-state index contributed by atoms with van der Waals surface area (Å²) in [5.74, 6) is -4.21. The van der Waals surface area contributed by atoms with E-state index in [1.807, 2.05) is 44.2 Å². The van der Waals surface area contributed by atoms with Crippen LogP contribution in [0.2, 0.25) is 0 Å². The van der Waals surface area contributed by atoms with Crippen LogP contribution in [0.4, 0.5) is 0 Å². The van der Waals surface area contributed by atoms with E-state index in [9.17, 15) is 24.0 Å². The van der Waals surface area contributed by atoms with Crippen LogP contribution in [0.3, 0.4) is 0 Å². The Morgan fingerprint density at radius 2 is 1.82 bits per heavy atom. The predicted molar refractivity (Wildman–Crippen MR) is 141 cm³/mol. The number of hydrogen-bond acceptors (Lipinski definition) is 8. The summed E-state index contributed by atoms with van der Waals surface area (Å²) < 4.78 is 10.7. The maximum absolute atomic E-state index is 13.4. The Morgan fingerprint density at radius 3 is 2.49 bits per heavy atom. The molecular formula is C29H37N3O7. The number of Topliss-reactive ketones (excluding diaryl/α,β-unsaturated/α-hetero) is 2. The van der Waals surface area contributed by atoms with Crippen molar-refractivity contribution < 1.29 is 33.1 Å². The molecule has 210 valence electrons. The van der Waals surface area contributed by atoms with Gasteiger partial charge in [-0.05, 0) is 23.8 Å². The highest BCUT2D eigenvalue weighted by Crippen LogP contribution is 2.23. The lowest BCUT2D eigenvalue weighted by molar-refractivity contribution is -0.149. The van der Waals surface area contributed by atoms with Crippen molar-refractivity contribution in [3.63, 3.8) is 0 Å².